The van der Waals surface area contributed by atoms with Gasteiger partial charge in [-0.3, -0.25) is 14.2 Å². The maximum absolute atomic E-state index is 12.2. The van der Waals surface area contributed by atoms with Gasteiger partial charge in [0.2, 0.25) is 6.23 Å². The minimum absolute atomic E-state index is 0.105. The van der Waals surface area contributed by atoms with Crippen molar-refractivity contribution in [2.24, 2.45) is 0 Å². The van der Waals surface area contributed by atoms with Crippen LogP contribution in [0, 0.1) is 0 Å². The van der Waals surface area contributed by atoms with Gasteiger partial charge in [-0.05, 0) is 12.5 Å². The summed E-state index contributed by atoms with van der Waals surface area (Å²) in [6.45, 7) is 1.59. The van der Waals surface area contributed by atoms with Crippen molar-refractivity contribution in [3.63, 3.8) is 0 Å². The third-order valence-corrected chi connectivity index (χ3v) is 4.52. The van der Waals surface area contributed by atoms with Gasteiger partial charge in [-0.2, -0.15) is 8.42 Å². The average molecular weight is 269 g/mol. The van der Waals surface area contributed by atoms with E-state index in [2.05, 4.69) is 0 Å². The normalized spacial score (nSPS) is 22.2. The number of hydrogen-bond donors (Lipinski definition) is 1. The molecule has 1 aromatic rings. The first-order chi connectivity index (χ1) is 8.45. The van der Waals surface area contributed by atoms with Gasteiger partial charge in [-0.15, -0.1) is 0 Å². The number of hydrogen-bond acceptors (Lipinski definition) is 4. The monoisotopic (exact) mass is 269 g/mol. The molecule has 1 aromatic carbocycles. The first-order valence-electron chi connectivity index (χ1n) is 5.53. The highest BCUT2D eigenvalue weighted by Crippen LogP contribution is 2.48. The van der Waals surface area contributed by atoms with Crippen LogP contribution >= 0.6 is 0 Å². The second-order valence-corrected chi connectivity index (χ2v) is 5.85. The fourth-order valence-corrected chi connectivity index (χ4v) is 3.45. The quantitative estimate of drug-likeness (QED) is 0.832. The molecule has 3 rings (SSSR count). The summed E-state index contributed by atoms with van der Waals surface area (Å²) < 4.78 is 37.3. The third kappa shape index (κ3) is 1.31. The van der Waals surface area contributed by atoms with Gasteiger partial charge < -0.3 is 4.74 Å². The van der Waals surface area contributed by atoms with Crippen molar-refractivity contribution in [1.82, 2.24) is 4.90 Å². The first-order valence-corrected chi connectivity index (χ1v) is 7.04. The van der Waals surface area contributed by atoms with Crippen molar-refractivity contribution < 1.29 is 22.5 Å². The van der Waals surface area contributed by atoms with Gasteiger partial charge in [0.1, 0.15) is 5.75 Å². The third-order valence-electron chi connectivity index (χ3n) is 3.27. The number of nitrogens with zero attached hydrogens (tertiary/aromatic N) is 1. The van der Waals surface area contributed by atoms with Gasteiger partial charge in [0.25, 0.3) is 16.0 Å². The van der Waals surface area contributed by atoms with Crippen LogP contribution in [-0.4, -0.2) is 29.2 Å². The van der Waals surface area contributed by atoms with Gasteiger partial charge in [0.15, 0.2) is 5.37 Å². The van der Waals surface area contributed by atoms with E-state index in [4.69, 9.17) is 4.74 Å². The van der Waals surface area contributed by atoms with E-state index in [9.17, 15) is 17.8 Å². The van der Waals surface area contributed by atoms with Crippen LogP contribution in [-0.2, 0) is 10.1 Å². The number of rotatable bonds is 3. The molecule has 4 bridgehead atoms. The molecule has 0 spiro atoms. The molecule has 0 aromatic heterocycles. The van der Waals surface area contributed by atoms with E-state index in [-0.39, 0.29) is 6.42 Å². The molecule has 2 aliphatic rings. The lowest BCUT2D eigenvalue weighted by atomic mass is 10.1. The number of ether oxygens (including phenoxy) is 1. The Morgan fingerprint density at radius 2 is 2.22 bits per heavy atom. The van der Waals surface area contributed by atoms with Crippen molar-refractivity contribution in [2.75, 3.05) is 0 Å². The van der Waals surface area contributed by atoms with E-state index < -0.39 is 27.6 Å². The molecule has 6 nitrogen and oxygen atoms in total. The molecule has 0 aliphatic carbocycles. The molecule has 1 N–H and O–H groups in total. The van der Waals surface area contributed by atoms with E-state index in [1.807, 2.05) is 0 Å². The predicted molar refractivity (Wildman–Crippen MR) is 61.6 cm³/mol. The van der Waals surface area contributed by atoms with Crippen LogP contribution < -0.4 is 4.74 Å². The molecular weight excluding hydrogens is 258 g/mol. The summed E-state index contributed by atoms with van der Waals surface area (Å²) in [5.41, 5.74) is 1.07. The van der Waals surface area contributed by atoms with Crippen molar-refractivity contribution in [3.05, 3.63) is 29.3 Å². The Bertz CT molecular complexity index is 639. The molecule has 18 heavy (non-hydrogen) atoms. The minimum atomic E-state index is -4.33. The zero-order valence-electron chi connectivity index (χ0n) is 9.53. The summed E-state index contributed by atoms with van der Waals surface area (Å²) in [5, 5.41) is -1.27. The van der Waals surface area contributed by atoms with Crippen molar-refractivity contribution >= 4 is 16.0 Å². The highest BCUT2D eigenvalue weighted by atomic mass is 32.2. The fraction of sp³-hybridized carbons (Fsp3) is 0.364. The van der Waals surface area contributed by atoms with E-state index in [1.54, 1.807) is 25.1 Å². The Morgan fingerprint density at radius 3 is 2.78 bits per heavy atom. The molecule has 0 fully saturated rings. The lowest BCUT2D eigenvalue weighted by Gasteiger charge is -2.31. The van der Waals surface area contributed by atoms with E-state index in [1.165, 1.54) is 0 Å². The Labute approximate surface area is 104 Å². The van der Waals surface area contributed by atoms with E-state index in [0.717, 1.165) is 4.90 Å². The predicted octanol–water partition coefficient (Wildman–Crippen LogP) is 1.16. The van der Waals surface area contributed by atoms with Crippen LogP contribution in [0.3, 0.4) is 0 Å². The van der Waals surface area contributed by atoms with Crippen LogP contribution in [0.5, 0.6) is 5.75 Å². The Hall–Kier alpha value is -1.60. The molecule has 2 aliphatic heterocycles. The maximum Gasteiger partial charge on any atom is 0.286 e. The van der Waals surface area contributed by atoms with Crippen LogP contribution in [0.15, 0.2) is 18.2 Å². The Kier molecular flexibility index (Phi) is 2.21. The van der Waals surface area contributed by atoms with Gasteiger partial charge in [0.05, 0.1) is 5.56 Å². The minimum Gasteiger partial charge on any atom is -0.465 e. The smallest absolute Gasteiger partial charge is 0.286 e. The Balaban J connectivity index is 2.08. The van der Waals surface area contributed by atoms with E-state index >= 15 is 0 Å². The largest absolute Gasteiger partial charge is 0.465 e. The van der Waals surface area contributed by atoms with Crippen LogP contribution in [0.4, 0.5) is 0 Å². The van der Waals surface area contributed by atoms with Crippen molar-refractivity contribution in [2.45, 2.75) is 24.9 Å². The summed E-state index contributed by atoms with van der Waals surface area (Å²) in [6, 6.07) is 5.15. The topological polar surface area (TPSA) is 83.9 Å². The highest BCUT2D eigenvalue weighted by Gasteiger charge is 2.51. The summed E-state index contributed by atoms with van der Waals surface area (Å²) in [7, 11) is -4.33. The van der Waals surface area contributed by atoms with Gasteiger partial charge in [-0.25, -0.2) is 0 Å². The molecule has 7 heteroatoms. The van der Waals surface area contributed by atoms with Gasteiger partial charge in [-0.1, -0.05) is 19.1 Å². The molecule has 96 valence electrons. The maximum atomic E-state index is 12.2. The van der Waals surface area contributed by atoms with Crippen LogP contribution in [0.2, 0.25) is 0 Å². The number of carbonyl (C=O) groups excluding carboxylic acids is 1. The lowest BCUT2D eigenvalue weighted by molar-refractivity contribution is 0.0174. The number of benzene rings is 1. The van der Waals surface area contributed by atoms with E-state index in [0.29, 0.717) is 16.9 Å². The fourth-order valence-electron chi connectivity index (χ4n) is 2.54. The molecule has 0 radical (unpaired) electrons. The summed E-state index contributed by atoms with van der Waals surface area (Å²) in [5.74, 6) is 0.0743. The summed E-state index contributed by atoms with van der Waals surface area (Å²) >= 11 is 0. The second-order valence-electron chi connectivity index (χ2n) is 4.28. The molecule has 2 unspecified atom stereocenters. The molecule has 2 atom stereocenters. The van der Waals surface area contributed by atoms with Gasteiger partial charge in [0, 0.05) is 5.56 Å². The van der Waals surface area contributed by atoms with Crippen LogP contribution in [0.1, 0.15) is 35.5 Å². The highest BCUT2D eigenvalue weighted by molar-refractivity contribution is 7.86. The molecule has 2 heterocycles. The van der Waals surface area contributed by atoms with Crippen molar-refractivity contribution in [3.8, 4) is 5.75 Å². The number of carbonyl (C=O) groups is 1. The first kappa shape index (κ1) is 11.5. The zero-order chi connectivity index (χ0) is 13.1. The van der Waals surface area contributed by atoms with Gasteiger partial charge >= 0.3 is 0 Å². The molecular formula is C11H11NO5S. The summed E-state index contributed by atoms with van der Waals surface area (Å²) in [4.78, 5) is 13.3. The molecule has 1 amide bonds. The summed E-state index contributed by atoms with van der Waals surface area (Å²) in [6.07, 6.45) is -0.627. The molecule has 0 saturated carbocycles. The SMILES string of the molecule is CCC(N1C(=O)c2c3cccc2C1O3)S(=O)(=O)O. The molecule has 0 saturated heterocycles. The zero-order valence-corrected chi connectivity index (χ0v) is 10.3. The van der Waals surface area contributed by atoms with Crippen LogP contribution in [0.25, 0.3) is 0 Å². The lowest BCUT2D eigenvalue weighted by Crippen LogP contribution is -2.45. The number of amides is 1. The van der Waals surface area contributed by atoms with Crippen molar-refractivity contribution in [1.29, 1.82) is 0 Å². The standard InChI is InChI=1S/C11H11NO5S/c1-2-8(18(14,15)16)12-10(13)9-6-4-3-5-7(9)17-11(6)12/h3-5,8,11H,2H2,1H3,(H,14,15,16). The Morgan fingerprint density at radius 1 is 1.50 bits per heavy atom. The second kappa shape index (κ2) is 3.46. The average Bonchev–Trinajstić information content (AvgIpc) is 2.65.